The van der Waals surface area contributed by atoms with Crippen LogP contribution in [0.25, 0.3) is 0 Å². The Morgan fingerprint density at radius 2 is 1.62 bits per heavy atom. The second-order valence-corrected chi connectivity index (χ2v) is 7.68. The van der Waals surface area contributed by atoms with Crippen molar-refractivity contribution in [1.82, 2.24) is 5.43 Å². The van der Waals surface area contributed by atoms with E-state index in [1.54, 1.807) is 36.4 Å². The number of anilines is 2. The topological polar surface area (TPSA) is 109 Å². The fraction of sp³-hybridized carbons (Fsp3) is 0.154. The number of rotatable bonds is 7. The molecular weight excluding hydrogens is 432 g/mol. The zero-order chi connectivity index (χ0) is 24.5. The Morgan fingerprint density at radius 3 is 2.38 bits per heavy atom. The van der Waals surface area contributed by atoms with Gasteiger partial charge in [-0.15, -0.1) is 0 Å². The molecule has 3 aromatic rings. The van der Waals surface area contributed by atoms with Crippen LogP contribution in [-0.2, 0) is 14.4 Å². The molecule has 0 aromatic heterocycles. The molecule has 3 amide bonds. The van der Waals surface area contributed by atoms with E-state index in [9.17, 15) is 14.4 Å². The molecule has 3 N–H and O–H groups in total. The fourth-order valence-corrected chi connectivity index (χ4v) is 2.96. The van der Waals surface area contributed by atoms with Crippen LogP contribution in [0, 0.1) is 20.8 Å². The molecule has 0 fully saturated rings. The van der Waals surface area contributed by atoms with E-state index in [4.69, 9.17) is 4.74 Å². The number of benzene rings is 3. The third-order valence-electron chi connectivity index (χ3n) is 5.00. The van der Waals surface area contributed by atoms with Crippen LogP contribution in [0.4, 0.5) is 11.4 Å². The number of amides is 3. The highest BCUT2D eigenvalue weighted by atomic mass is 16.5. The summed E-state index contributed by atoms with van der Waals surface area (Å²) in [6.07, 6.45) is 1.38. The van der Waals surface area contributed by atoms with Gasteiger partial charge in [0.25, 0.3) is 5.91 Å². The lowest BCUT2D eigenvalue weighted by atomic mass is 10.1. The van der Waals surface area contributed by atoms with Crippen molar-refractivity contribution in [1.29, 1.82) is 0 Å². The molecule has 3 aromatic carbocycles. The first kappa shape index (κ1) is 24.2. The highest BCUT2D eigenvalue weighted by Gasteiger charge is 2.13. The molecule has 0 bridgehead atoms. The second-order valence-electron chi connectivity index (χ2n) is 7.68. The van der Waals surface area contributed by atoms with E-state index >= 15 is 0 Å². The molecule has 0 saturated carbocycles. The summed E-state index contributed by atoms with van der Waals surface area (Å²) in [5.41, 5.74) is 7.15. The Bertz CT molecular complexity index is 1240. The first-order valence-electron chi connectivity index (χ1n) is 10.6. The van der Waals surface area contributed by atoms with Crippen LogP contribution in [0.1, 0.15) is 22.3 Å². The molecule has 0 atom stereocenters. The van der Waals surface area contributed by atoms with Gasteiger partial charge in [-0.2, -0.15) is 5.10 Å². The molecule has 0 aliphatic heterocycles. The van der Waals surface area contributed by atoms with Gasteiger partial charge in [0, 0.05) is 11.4 Å². The van der Waals surface area contributed by atoms with E-state index in [2.05, 4.69) is 21.2 Å². The summed E-state index contributed by atoms with van der Waals surface area (Å²) < 4.78 is 5.55. The van der Waals surface area contributed by atoms with Crippen LogP contribution >= 0.6 is 0 Å². The van der Waals surface area contributed by atoms with Gasteiger partial charge < -0.3 is 15.4 Å². The third kappa shape index (κ3) is 7.03. The smallest absolute Gasteiger partial charge is 0.329 e. The van der Waals surface area contributed by atoms with Gasteiger partial charge in [-0.25, -0.2) is 5.43 Å². The van der Waals surface area contributed by atoms with Gasteiger partial charge in [0.2, 0.25) is 0 Å². The molecule has 0 heterocycles. The number of ether oxygens (including phenoxy) is 1. The van der Waals surface area contributed by atoms with E-state index in [0.717, 1.165) is 16.7 Å². The van der Waals surface area contributed by atoms with Crippen LogP contribution in [0.15, 0.2) is 71.8 Å². The van der Waals surface area contributed by atoms with E-state index in [1.165, 1.54) is 6.21 Å². The maximum Gasteiger partial charge on any atom is 0.329 e. The van der Waals surface area contributed by atoms with Gasteiger partial charge >= 0.3 is 11.8 Å². The van der Waals surface area contributed by atoms with Gasteiger partial charge in [0.15, 0.2) is 6.61 Å². The summed E-state index contributed by atoms with van der Waals surface area (Å²) in [6, 6.07) is 19.7. The number of carbonyl (C=O) groups is 3. The predicted octanol–water partition coefficient (Wildman–Crippen LogP) is 3.72. The van der Waals surface area contributed by atoms with Crippen molar-refractivity contribution in [2.24, 2.45) is 5.10 Å². The average molecular weight is 459 g/mol. The molecule has 0 saturated heterocycles. The zero-order valence-corrected chi connectivity index (χ0v) is 19.2. The van der Waals surface area contributed by atoms with Crippen molar-refractivity contribution in [2.45, 2.75) is 20.8 Å². The monoisotopic (exact) mass is 458 g/mol. The van der Waals surface area contributed by atoms with Crippen LogP contribution < -0.4 is 20.8 Å². The Hall–Kier alpha value is -4.46. The maximum atomic E-state index is 12.2. The van der Waals surface area contributed by atoms with Gasteiger partial charge in [0.05, 0.1) is 6.21 Å². The molecule has 3 rings (SSSR count). The molecule has 0 unspecified atom stereocenters. The lowest BCUT2D eigenvalue weighted by Crippen LogP contribution is -2.32. The van der Waals surface area contributed by atoms with Crippen molar-refractivity contribution < 1.29 is 19.1 Å². The minimum absolute atomic E-state index is 0.163. The van der Waals surface area contributed by atoms with E-state index in [1.807, 2.05) is 51.1 Å². The Labute approximate surface area is 198 Å². The Balaban J connectivity index is 1.49. The lowest BCUT2D eigenvalue weighted by molar-refractivity contribution is -0.136. The summed E-state index contributed by atoms with van der Waals surface area (Å²) in [6.45, 7) is 5.65. The quantitative estimate of drug-likeness (QED) is 0.285. The number of aryl methyl sites for hydroxylation is 3. The predicted molar refractivity (Wildman–Crippen MR) is 132 cm³/mol. The minimum atomic E-state index is -0.894. The SMILES string of the molecule is Cc1ccc(NC(=O)COc2cccc(/C=N/NC(=O)C(=O)Nc3ccccc3C)c2)cc1C. The van der Waals surface area contributed by atoms with Crippen molar-refractivity contribution >= 4 is 35.3 Å². The van der Waals surface area contributed by atoms with Gasteiger partial charge in [-0.05, 0) is 73.4 Å². The maximum absolute atomic E-state index is 12.2. The summed E-state index contributed by atoms with van der Waals surface area (Å²) in [4.78, 5) is 36.2. The molecule has 0 aliphatic rings. The number of nitrogens with one attached hydrogen (secondary N) is 3. The summed E-state index contributed by atoms with van der Waals surface area (Å²) in [5, 5.41) is 9.15. The van der Waals surface area contributed by atoms with Crippen molar-refractivity contribution in [3.05, 3.63) is 89.0 Å². The number of hydrogen-bond donors (Lipinski definition) is 3. The van der Waals surface area contributed by atoms with Crippen molar-refractivity contribution in [3.8, 4) is 5.75 Å². The summed E-state index contributed by atoms with van der Waals surface area (Å²) in [7, 11) is 0. The number of hydrogen-bond acceptors (Lipinski definition) is 5. The third-order valence-corrected chi connectivity index (χ3v) is 5.00. The summed E-state index contributed by atoms with van der Waals surface area (Å²) in [5.74, 6) is -1.54. The highest BCUT2D eigenvalue weighted by Crippen LogP contribution is 2.15. The number of nitrogens with zero attached hydrogens (tertiary/aromatic N) is 1. The molecule has 34 heavy (non-hydrogen) atoms. The van der Waals surface area contributed by atoms with Crippen molar-refractivity contribution in [3.63, 3.8) is 0 Å². The van der Waals surface area contributed by atoms with Crippen LogP contribution in [-0.4, -0.2) is 30.5 Å². The first-order chi connectivity index (χ1) is 16.3. The van der Waals surface area contributed by atoms with E-state index in [0.29, 0.717) is 22.7 Å². The van der Waals surface area contributed by atoms with Crippen LogP contribution in [0.5, 0.6) is 5.75 Å². The molecule has 0 aliphatic carbocycles. The highest BCUT2D eigenvalue weighted by molar-refractivity contribution is 6.39. The average Bonchev–Trinajstić information content (AvgIpc) is 2.82. The van der Waals surface area contributed by atoms with Crippen LogP contribution in [0.3, 0.4) is 0 Å². The largest absolute Gasteiger partial charge is 0.484 e. The molecule has 8 nitrogen and oxygen atoms in total. The van der Waals surface area contributed by atoms with E-state index in [-0.39, 0.29) is 12.5 Å². The number of para-hydroxylation sites is 1. The molecular formula is C26H26N4O4. The van der Waals surface area contributed by atoms with E-state index < -0.39 is 11.8 Å². The molecule has 0 spiro atoms. The lowest BCUT2D eigenvalue weighted by Gasteiger charge is -2.09. The summed E-state index contributed by atoms with van der Waals surface area (Å²) >= 11 is 0. The number of hydrazone groups is 1. The molecule has 0 radical (unpaired) electrons. The zero-order valence-electron chi connectivity index (χ0n) is 19.2. The van der Waals surface area contributed by atoms with Crippen LogP contribution in [0.2, 0.25) is 0 Å². The normalized spacial score (nSPS) is 10.6. The van der Waals surface area contributed by atoms with Gasteiger partial charge in [-0.1, -0.05) is 36.4 Å². The van der Waals surface area contributed by atoms with Gasteiger partial charge in [-0.3, -0.25) is 14.4 Å². The van der Waals surface area contributed by atoms with Gasteiger partial charge in [0.1, 0.15) is 5.75 Å². The van der Waals surface area contributed by atoms with Crippen molar-refractivity contribution in [2.75, 3.05) is 17.2 Å². The Kier molecular flexibility index (Phi) is 8.12. The molecule has 174 valence electrons. The minimum Gasteiger partial charge on any atom is -0.484 e. The second kappa shape index (κ2) is 11.4. The Morgan fingerprint density at radius 1 is 0.824 bits per heavy atom. The number of carbonyl (C=O) groups excluding carboxylic acids is 3. The molecule has 8 heteroatoms. The first-order valence-corrected chi connectivity index (χ1v) is 10.6. The standard InChI is InChI=1S/C26H26N4O4/c1-17-11-12-21(13-19(17)3)28-24(31)16-34-22-9-6-8-20(14-22)15-27-30-26(33)25(32)29-23-10-5-4-7-18(23)2/h4-15H,16H2,1-3H3,(H,28,31)(H,29,32)(H,30,33)/b27-15+. The fourth-order valence-electron chi connectivity index (χ4n) is 2.96.